The molecule has 5 rings (SSSR count). The van der Waals surface area contributed by atoms with Crippen LogP contribution in [0.1, 0.15) is 39.2 Å². The van der Waals surface area contributed by atoms with Gasteiger partial charge in [-0.3, -0.25) is 4.79 Å². The number of nitrogens with one attached hydrogen (secondary N) is 1. The van der Waals surface area contributed by atoms with Gasteiger partial charge in [0, 0.05) is 30.0 Å². The Morgan fingerprint density at radius 2 is 2.07 bits per heavy atom. The highest BCUT2D eigenvalue weighted by atomic mass is 16.5. The van der Waals surface area contributed by atoms with Gasteiger partial charge in [0.15, 0.2) is 0 Å². The number of fused-ring (bicyclic) bond motifs is 2. The second-order valence-electron chi connectivity index (χ2n) is 8.65. The molecule has 0 saturated carbocycles. The fourth-order valence-corrected chi connectivity index (χ4v) is 5.93. The Labute approximate surface area is 167 Å². The lowest BCUT2D eigenvalue weighted by atomic mass is 9.49. The number of piperidine rings is 1. The normalized spacial score (nSPS) is 30.1. The highest BCUT2D eigenvalue weighted by molar-refractivity contribution is 5.87. The number of H-pyrrole nitrogens is 1. The molecule has 3 atom stereocenters. The fourth-order valence-electron chi connectivity index (χ4n) is 5.93. The quantitative estimate of drug-likeness (QED) is 0.703. The van der Waals surface area contributed by atoms with Gasteiger partial charge in [-0.2, -0.15) is 0 Å². The maximum Gasteiger partial charge on any atom is 0.341 e. The monoisotopic (exact) mass is 396 g/mol. The Bertz CT molecular complexity index is 1090. The third-order valence-corrected chi connectivity index (χ3v) is 7.43. The molecule has 0 radical (unpaired) electrons. The third kappa shape index (κ3) is 2.31. The summed E-state index contributed by atoms with van der Waals surface area (Å²) in [4.78, 5) is 28.8. The van der Waals surface area contributed by atoms with E-state index in [0.29, 0.717) is 18.4 Å². The second-order valence-corrected chi connectivity index (χ2v) is 8.65. The Balaban J connectivity index is 1.76. The Kier molecular flexibility index (Phi) is 3.76. The lowest BCUT2D eigenvalue weighted by Gasteiger charge is -2.63. The van der Waals surface area contributed by atoms with Gasteiger partial charge < -0.3 is 24.8 Å². The molecule has 3 N–H and O–H groups in total. The van der Waals surface area contributed by atoms with Crippen LogP contribution in [0.5, 0.6) is 5.75 Å². The zero-order valence-corrected chi connectivity index (χ0v) is 16.5. The van der Waals surface area contributed by atoms with Crippen molar-refractivity contribution in [1.29, 1.82) is 0 Å². The molecule has 1 aliphatic heterocycles. The van der Waals surface area contributed by atoms with Crippen LogP contribution >= 0.6 is 0 Å². The average molecular weight is 396 g/mol. The number of hydrogen-bond donors (Lipinski definition) is 3. The molecule has 2 bridgehead atoms. The first-order chi connectivity index (χ1) is 13.8. The van der Waals surface area contributed by atoms with E-state index >= 15 is 0 Å². The molecule has 1 aromatic carbocycles. The number of pyridine rings is 1. The van der Waals surface area contributed by atoms with Crippen LogP contribution < -0.4 is 10.3 Å². The minimum absolute atomic E-state index is 0.0782. The van der Waals surface area contributed by atoms with Crippen molar-refractivity contribution in [1.82, 2.24) is 9.88 Å². The van der Waals surface area contributed by atoms with Crippen LogP contribution in [0, 0.1) is 0 Å². The van der Waals surface area contributed by atoms with E-state index in [4.69, 9.17) is 4.74 Å². The van der Waals surface area contributed by atoms with Crippen LogP contribution in [0.4, 0.5) is 0 Å². The topological polar surface area (TPSA) is 103 Å². The zero-order chi connectivity index (χ0) is 20.6. The summed E-state index contributed by atoms with van der Waals surface area (Å²) < 4.78 is 5.46. The molecule has 3 aliphatic rings. The number of hydrogen-bond acceptors (Lipinski definition) is 5. The molecule has 29 heavy (non-hydrogen) atoms. The molecular weight excluding hydrogens is 372 g/mol. The van der Waals surface area contributed by atoms with Crippen LogP contribution in [0.3, 0.4) is 0 Å². The van der Waals surface area contributed by atoms with Gasteiger partial charge in [-0.05, 0) is 61.3 Å². The number of carboxylic acid groups (broad SMARTS) is 1. The van der Waals surface area contributed by atoms with Crippen LogP contribution in [0.15, 0.2) is 29.1 Å². The van der Waals surface area contributed by atoms with Crippen molar-refractivity contribution in [2.45, 2.75) is 42.7 Å². The first-order valence-corrected chi connectivity index (χ1v) is 9.87. The number of carbonyl (C=O) groups is 1. The minimum atomic E-state index is -1.25. The number of likely N-dealkylation sites (tertiary alicyclic amines) is 1. The molecule has 2 aromatic rings. The Morgan fingerprint density at radius 1 is 1.28 bits per heavy atom. The van der Waals surface area contributed by atoms with E-state index in [1.165, 1.54) is 11.6 Å². The number of carboxylic acids is 1. The number of aromatic nitrogens is 1. The predicted octanol–water partition coefficient (Wildman–Crippen LogP) is 1.11. The van der Waals surface area contributed by atoms with Crippen molar-refractivity contribution in [3.63, 3.8) is 0 Å². The number of benzene rings is 1. The lowest BCUT2D eigenvalue weighted by Crippen LogP contribution is -2.73. The summed E-state index contributed by atoms with van der Waals surface area (Å²) in [5.41, 5.74) is 1.24. The molecule has 0 spiro atoms. The van der Waals surface area contributed by atoms with E-state index in [1.807, 2.05) is 19.2 Å². The summed E-state index contributed by atoms with van der Waals surface area (Å²) in [6.07, 6.45) is 2.25. The standard InChI is InChI=1S/C22H24N2O5/c1-24-6-5-21-11-17-13(7-15(20(26)27)19(25)23-17)10-22(21,28)18(24)8-12-3-4-14(29-2)9-16(12)21/h3-4,7,9,18,28H,5-6,8,10-11H2,1-2H3,(H,23,25)(H,26,27). The van der Waals surface area contributed by atoms with E-state index in [1.54, 1.807) is 7.11 Å². The van der Waals surface area contributed by atoms with Gasteiger partial charge in [0.1, 0.15) is 11.3 Å². The highest BCUT2D eigenvalue weighted by Crippen LogP contribution is 2.56. The van der Waals surface area contributed by atoms with Gasteiger partial charge in [-0.15, -0.1) is 0 Å². The number of nitrogens with zero attached hydrogens (tertiary/aromatic N) is 1. The van der Waals surface area contributed by atoms with Gasteiger partial charge in [0.2, 0.25) is 0 Å². The highest BCUT2D eigenvalue weighted by Gasteiger charge is 2.64. The smallest absolute Gasteiger partial charge is 0.341 e. The van der Waals surface area contributed by atoms with Crippen molar-refractivity contribution in [3.8, 4) is 5.75 Å². The third-order valence-electron chi connectivity index (χ3n) is 7.43. The maximum absolute atomic E-state index is 12.3. The molecule has 7 nitrogen and oxygen atoms in total. The predicted molar refractivity (Wildman–Crippen MR) is 106 cm³/mol. The van der Waals surface area contributed by atoms with Crippen LogP contribution in [-0.4, -0.2) is 58.4 Å². The number of rotatable bonds is 2. The van der Waals surface area contributed by atoms with Gasteiger partial charge in [0.25, 0.3) is 5.56 Å². The maximum atomic E-state index is 12.3. The molecule has 1 fully saturated rings. The number of ether oxygens (including phenoxy) is 1. The molecule has 3 unspecified atom stereocenters. The first-order valence-electron chi connectivity index (χ1n) is 9.87. The van der Waals surface area contributed by atoms with Gasteiger partial charge in [-0.25, -0.2) is 4.79 Å². The van der Waals surface area contributed by atoms with E-state index in [0.717, 1.165) is 36.4 Å². The number of likely N-dealkylation sites (N-methyl/N-ethyl adjacent to an activating group) is 1. The molecule has 2 heterocycles. The first kappa shape index (κ1) is 18.4. The van der Waals surface area contributed by atoms with E-state index < -0.39 is 22.5 Å². The number of aromatic carboxylic acids is 1. The summed E-state index contributed by atoms with van der Waals surface area (Å²) in [6.45, 7) is 0.844. The zero-order valence-electron chi connectivity index (χ0n) is 16.5. The number of methoxy groups -OCH3 is 1. The van der Waals surface area contributed by atoms with E-state index in [2.05, 4.69) is 16.0 Å². The van der Waals surface area contributed by atoms with Crippen molar-refractivity contribution in [2.75, 3.05) is 20.7 Å². The number of aromatic amines is 1. The molecular formula is C22H24N2O5. The second kappa shape index (κ2) is 5.93. The molecule has 7 heteroatoms. The molecule has 2 aliphatic carbocycles. The summed E-state index contributed by atoms with van der Waals surface area (Å²) in [5, 5.41) is 21.5. The van der Waals surface area contributed by atoms with Crippen molar-refractivity contribution in [2.24, 2.45) is 0 Å². The average Bonchev–Trinajstić information content (AvgIpc) is 2.68. The van der Waals surface area contributed by atoms with Crippen LogP contribution in [-0.2, 0) is 24.7 Å². The summed E-state index contributed by atoms with van der Waals surface area (Å²) in [7, 11) is 3.67. The van der Waals surface area contributed by atoms with Crippen molar-refractivity contribution < 1.29 is 19.7 Å². The van der Waals surface area contributed by atoms with Gasteiger partial charge in [0.05, 0.1) is 12.7 Å². The van der Waals surface area contributed by atoms with Crippen LogP contribution in [0.2, 0.25) is 0 Å². The molecule has 1 saturated heterocycles. The van der Waals surface area contributed by atoms with Gasteiger partial charge in [-0.1, -0.05) is 6.07 Å². The van der Waals surface area contributed by atoms with Crippen molar-refractivity contribution in [3.05, 3.63) is 62.6 Å². The summed E-state index contributed by atoms with van der Waals surface area (Å²) in [5.74, 6) is -0.504. The lowest BCUT2D eigenvalue weighted by molar-refractivity contribution is -0.145. The SMILES string of the molecule is COc1ccc2c(c1)C13CCN(C)C(C2)C1(O)Cc1cc(C(=O)O)c(=O)[nH]c1C3. The minimum Gasteiger partial charge on any atom is -0.497 e. The van der Waals surface area contributed by atoms with E-state index in [9.17, 15) is 19.8 Å². The van der Waals surface area contributed by atoms with Crippen LogP contribution in [0.25, 0.3) is 0 Å². The molecule has 1 aromatic heterocycles. The summed E-state index contributed by atoms with van der Waals surface area (Å²) in [6, 6.07) is 7.42. The molecule has 0 amide bonds. The Morgan fingerprint density at radius 3 is 2.79 bits per heavy atom. The van der Waals surface area contributed by atoms with Gasteiger partial charge >= 0.3 is 5.97 Å². The fraction of sp³-hybridized carbons (Fsp3) is 0.455. The summed E-state index contributed by atoms with van der Waals surface area (Å²) >= 11 is 0. The number of aliphatic hydroxyl groups is 1. The van der Waals surface area contributed by atoms with Crippen molar-refractivity contribution >= 4 is 5.97 Å². The Hall–Kier alpha value is -2.64. The molecule has 152 valence electrons. The van der Waals surface area contributed by atoms with E-state index in [-0.39, 0.29) is 11.6 Å². The largest absolute Gasteiger partial charge is 0.497 e.